The summed E-state index contributed by atoms with van der Waals surface area (Å²) in [4.78, 5) is 57.4. The van der Waals surface area contributed by atoms with Gasteiger partial charge in [0, 0.05) is 56.9 Å². The molecule has 2 aliphatic rings. The third-order valence-corrected chi connectivity index (χ3v) is 8.06. The predicted molar refractivity (Wildman–Crippen MR) is 151 cm³/mol. The Kier molecular flexibility index (Phi) is 10.7. The normalized spacial score (nSPS) is 23.1. The number of ether oxygens (including phenoxy) is 5. The number of fused-ring (bicyclic) bond motifs is 1. The van der Waals surface area contributed by atoms with Crippen molar-refractivity contribution < 1.29 is 42.9 Å². The summed E-state index contributed by atoms with van der Waals surface area (Å²) in [6.07, 6.45) is 2.75. The van der Waals surface area contributed by atoms with Gasteiger partial charge in [0.05, 0.1) is 5.56 Å². The Bertz CT molecular complexity index is 1410. The lowest BCUT2D eigenvalue weighted by Gasteiger charge is -2.44. The fourth-order valence-corrected chi connectivity index (χ4v) is 6.50. The number of rotatable bonds is 8. The Hall–Kier alpha value is -4.02. The molecule has 13 heteroatoms. The van der Waals surface area contributed by atoms with Crippen molar-refractivity contribution in [3.8, 4) is 17.2 Å². The topological polar surface area (TPSA) is 164 Å². The number of nitriles is 1. The van der Waals surface area contributed by atoms with E-state index in [1.54, 1.807) is 18.5 Å². The smallest absolute Gasteiger partial charge is 0.303 e. The second-order valence-corrected chi connectivity index (χ2v) is 11.3. The molecule has 0 radical (unpaired) electrons. The van der Waals surface area contributed by atoms with Crippen LogP contribution in [0.3, 0.4) is 0 Å². The van der Waals surface area contributed by atoms with Gasteiger partial charge in [0.25, 0.3) is 0 Å². The molecule has 1 saturated heterocycles. The molecule has 0 N–H and O–H groups in total. The van der Waals surface area contributed by atoms with E-state index in [2.05, 4.69) is 11.1 Å². The summed E-state index contributed by atoms with van der Waals surface area (Å²) in [7, 11) is 0. The van der Waals surface area contributed by atoms with Gasteiger partial charge in [0.1, 0.15) is 23.8 Å². The molecule has 0 amide bonds. The Labute approximate surface area is 253 Å². The van der Waals surface area contributed by atoms with E-state index in [1.807, 2.05) is 6.07 Å². The van der Waals surface area contributed by atoms with Crippen LogP contribution in [0, 0.1) is 11.3 Å². The lowest BCUT2D eigenvalue weighted by molar-refractivity contribution is -0.237. The van der Waals surface area contributed by atoms with Crippen molar-refractivity contribution in [2.75, 3.05) is 6.61 Å². The molecule has 228 valence electrons. The molecule has 3 heterocycles. The number of thioether (sulfide) groups is 1. The molecule has 1 aliphatic carbocycles. The van der Waals surface area contributed by atoms with E-state index >= 15 is 0 Å². The highest BCUT2D eigenvalue weighted by atomic mass is 32.2. The highest BCUT2D eigenvalue weighted by Crippen LogP contribution is 2.42. The molecular formula is C30H33N3O9S. The van der Waals surface area contributed by atoms with E-state index in [4.69, 9.17) is 28.7 Å². The van der Waals surface area contributed by atoms with Crippen LogP contribution in [0.2, 0.25) is 0 Å². The number of nitrogens with zero attached hydrogens (tertiary/aromatic N) is 3. The van der Waals surface area contributed by atoms with Crippen molar-refractivity contribution >= 4 is 35.6 Å². The molecule has 1 fully saturated rings. The SMILES string of the molecule is CC(=O)OC[C@H]1O[C@@H](Sc2nc3c(c(-c4cccnc4)c2C#N)CCCCC3)[C@H](OC(C)=O)[C@@H](OC(C)=O)[C@H]1OC(C)=O. The number of aromatic nitrogens is 2. The number of hydrogen-bond donors (Lipinski definition) is 0. The Morgan fingerprint density at radius 3 is 2.26 bits per heavy atom. The fourth-order valence-electron chi connectivity index (χ4n) is 5.31. The van der Waals surface area contributed by atoms with Gasteiger partial charge in [-0.2, -0.15) is 5.26 Å². The number of aryl methyl sites for hydroxylation is 1. The van der Waals surface area contributed by atoms with Gasteiger partial charge in [-0.15, -0.1) is 0 Å². The first-order chi connectivity index (χ1) is 20.6. The third-order valence-electron chi connectivity index (χ3n) is 6.93. The summed E-state index contributed by atoms with van der Waals surface area (Å²) in [5.41, 5.74) is 2.53. The lowest BCUT2D eigenvalue weighted by atomic mass is 9.93. The molecular weight excluding hydrogens is 578 g/mol. The van der Waals surface area contributed by atoms with Gasteiger partial charge in [-0.3, -0.25) is 24.2 Å². The van der Waals surface area contributed by atoms with Gasteiger partial charge in [-0.05, 0) is 37.3 Å². The van der Waals surface area contributed by atoms with E-state index < -0.39 is 53.7 Å². The van der Waals surface area contributed by atoms with Crippen LogP contribution in [0.1, 0.15) is 63.8 Å². The van der Waals surface area contributed by atoms with Crippen LogP contribution in [0.4, 0.5) is 0 Å². The van der Waals surface area contributed by atoms with E-state index in [9.17, 15) is 24.4 Å². The first-order valence-electron chi connectivity index (χ1n) is 13.9. The molecule has 0 saturated carbocycles. The predicted octanol–water partition coefficient (Wildman–Crippen LogP) is 3.46. The first-order valence-corrected chi connectivity index (χ1v) is 14.8. The van der Waals surface area contributed by atoms with Gasteiger partial charge in [-0.1, -0.05) is 24.2 Å². The molecule has 0 unspecified atom stereocenters. The standard InChI is InChI=1S/C30H33N3O9S/c1-16(34)38-15-24-26(39-17(2)35)27(40-18(3)36)28(41-19(4)37)30(42-24)43-29-22(13-31)25(20-9-8-12-32-14-20)21-10-6-5-7-11-23(21)33-29/h8-9,12,14,24,26-28,30H,5-7,10-11,15H2,1-4H3/t24-,26+,27+,28-,30+/m1/s1. The van der Waals surface area contributed by atoms with Gasteiger partial charge in [-0.25, -0.2) is 4.98 Å². The van der Waals surface area contributed by atoms with Crippen molar-refractivity contribution in [1.82, 2.24) is 9.97 Å². The molecule has 4 rings (SSSR count). The first kappa shape index (κ1) is 31.9. The zero-order chi connectivity index (χ0) is 31.1. The molecule has 0 aromatic carbocycles. The second kappa shape index (κ2) is 14.4. The van der Waals surface area contributed by atoms with Crippen molar-refractivity contribution in [3.05, 3.63) is 41.3 Å². The van der Waals surface area contributed by atoms with Crippen LogP contribution < -0.4 is 0 Å². The van der Waals surface area contributed by atoms with Crippen LogP contribution in [0.25, 0.3) is 11.1 Å². The summed E-state index contributed by atoms with van der Waals surface area (Å²) in [5, 5.41) is 10.8. The molecule has 12 nitrogen and oxygen atoms in total. The summed E-state index contributed by atoms with van der Waals surface area (Å²) < 4.78 is 28.1. The van der Waals surface area contributed by atoms with Crippen LogP contribution in [0.15, 0.2) is 29.6 Å². The summed E-state index contributed by atoms with van der Waals surface area (Å²) >= 11 is 1.02. The summed E-state index contributed by atoms with van der Waals surface area (Å²) in [6.45, 7) is 4.36. The number of carbonyl (C=O) groups is 4. The Morgan fingerprint density at radius 1 is 0.953 bits per heavy atom. The lowest BCUT2D eigenvalue weighted by Crippen LogP contribution is -2.61. The molecule has 43 heavy (non-hydrogen) atoms. The molecule has 0 spiro atoms. The summed E-state index contributed by atoms with van der Waals surface area (Å²) in [6, 6.07) is 5.99. The molecule has 0 bridgehead atoms. The van der Waals surface area contributed by atoms with Crippen molar-refractivity contribution in [2.45, 2.75) is 94.7 Å². The maximum Gasteiger partial charge on any atom is 0.303 e. The third kappa shape index (κ3) is 7.88. The number of hydrogen-bond acceptors (Lipinski definition) is 13. The minimum atomic E-state index is -1.32. The minimum Gasteiger partial charge on any atom is -0.463 e. The number of carbonyl (C=O) groups excluding carboxylic acids is 4. The maximum atomic E-state index is 12.3. The molecule has 1 aliphatic heterocycles. The van der Waals surface area contributed by atoms with Crippen LogP contribution >= 0.6 is 11.8 Å². The summed E-state index contributed by atoms with van der Waals surface area (Å²) in [5.74, 6) is -2.76. The van der Waals surface area contributed by atoms with Gasteiger partial charge in [0.2, 0.25) is 0 Å². The monoisotopic (exact) mass is 611 g/mol. The van der Waals surface area contributed by atoms with Crippen molar-refractivity contribution in [3.63, 3.8) is 0 Å². The largest absolute Gasteiger partial charge is 0.463 e. The average molecular weight is 612 g/mol. The quantitative estimate of drug-likeness (QED) is 0.242. The Balaban J connectivity index is 1.85. The van der Waals surface area contributed by atoms with E-state index in [1.165, 1.54) is 13.8 Å². The zero-order valence-corrected chi connectivity index (χ0v) is 25.2. The van der Waals surface area contributed by atoms with E-state index in [-0.39, 0.29) is 6.61 Å². The van der Waals surface area contributed by atoms with Gasteiger partial charge in [0.15, 0.2) is 23.7 Å². The molecule has 2 aromatic rings. The van der Waals surface area contributed by atoms with E-state index in [0.29, 0.717) is 17.0 Å². The van der Waals surface area contributed by atoms with Gasteiger partial charge < -0.3 is 23.7 Å². The Morgan fingerprint density at radius 2 is 1.63 bits per heavy atom. The highest BCUT2D eigenvalue weighted by Gasteiger charge is 2.52. The zero-order valence-electron chi connectivity index (χ0n) is 24.4. The maximum absolute atomic E-state index is 12.3. The fraction of sp³-hybridized carbons (Fsp3) is 0.500. The molecule has 2 aromatic heterocycles. The van der Waals surface area contributed by atoms with Crippen LogP contribution in [0.5, 0.6) is 0 Å². The second-order valence-electron chi connectivity index (χ2n) is 10.2. The number of esters is 4. The number of pyridine rings is 2. The van der Waals surface area contributed by atoms with Crippen LogP contribution in [-0.4, -0.2) is 70.3 Å². The van der Waals surface area contributed by atoms with Gasteiger partial charge >= 0.3 is 23.9 Å². The highest BCUT2D eigenvalue weighted by molar-refractivity contribution is 7.99. The average Bonchev–Trinajstić information content (AvgIpc) is 3.19. The van der Waals surface area contributed by atoms with E-state index in [0.717, 1.165) is 73.7 Å². The van der Waals surface area contributed by atoms with Crippen molar-refractivity contribution in [2.24, 2.45) is 0 Å². The molecule has 5 atom stereocenters. The van der Waals surface area contributed by atoms with Crippen molar-refractivity contribution in [1.29, 1.82) is 5.26 Å². The van der Waals surface area contributed by atoms with Crippen LogP contribution in [-0.2, 0) is 55.7 Å². The minimum absolute atomic E-state index is 0.298.